The van der Waals surface area contributed by atoms with Crippen molar-refractivity contribution in [2.24, 2.45) is 0 Å². The molecule has 0 saturated heterocycles. The molecule has 2 aromatic carbocycles. The summed E-state index contributed by atoms with van der Waals surface area (Å²) in [5.74, 6) is 1.24. The zero-order valence-electron chi connectivity index (χ0n) is 13.8. The van der Waals surface area contributed by atoms with Crippen LogP contribution in [0.2, 0.25) is 0 Å². The van der Waals surface area contributed by atoms with Gasteiger partial charge < -0.3 is 9.47 Å². The Balaban J connectivity index is 1.79. The second kappa shape index (κ2) is 6.83. The van der Waals surface area contributed by atoms with Crippen LogP contribution in [0.25, 0.3) is 0 Å². The highest BCUT2D eigenvalue weighted by Crippen LogP contribution is 2.27. The fourth-order valence-electron chi connectivity index (χ4n) is 2.77. The van der Waals surface area contributed by atoms with Crippen LogP contribution in [0.5, 0.6) is 11.5 Å². The number of benzene rings is 2. The van der Waals surface area contributed by atoms with Crippen molar-refractivity contribution >= 4 is 10.0 Å². The SMILES string of the molecule is COc1ccc(C)cc1S(=O)(=O)NCc1ccc2c(c1)CCCO2. The number of fused-ring (bicyclic) bond motifs is 1. The smallest absolute Gasteiger partial charge is 0.244 e. The molecular formula is C18H21NO4S. The van der Waals surface area contributed by atoms with E-state index in [1.165, 1.54) is 7.11 Å². The summed E-state index contributed by atoms with van der Waals surface area (Å²) in [6, 6.07) is 10.9. The van der Waals surface area contributed by atoms with E-state index in [1.54, 1.807) is 12.1 Å². The Morgan fingerprint density at radius 2 is 2.04 bits per heavy atom. The van der Waals surface area contributed by atoms with Crippen LogP contribution in [0.4, 0.5) is 0 Å². The van der Waals surface area contributed by atoms with Crippen LogP contribution in [-0.4, -0.2) is 22.1 Å². The number of methoxy groups -OCH3 is 1. The average Bonchev–Trinajstić information content (AvgIpc) is 2.60. The van der Waals surface area contributed by atoms with Crippen molar-refractivity contribution in [3.8, 4) is 11.5 Å². The standard InChI is InChI=1S/C18H21NO4S/c1-13-5-7-17(22-2)18(10-13)24(20,21)19-12-14-6-8-16-15(11-14)4-3-9-23-16/h5-8,10-11,19H,3-4,9,12H2,1-2H3. The lowest BCUT2D eigenvalue weighted by Crippen LogP contribution is -2.24. The number of sulfonamides is 1. The van der Waals surface area contributed by atoms with Crippen LogP contribution in [0.15, 0.2) is 41.3 Å². The van der Waals surface area contributed by atoms with E-state index in [0.717, 1.165) is 41.9 Å². The first-order chi connectivity index (χ1) is 11.5. The Labute approximate surface area is 142 Å². The third kappa shape index (κ3) is 3.55. The molecule has 1 N–H and O–H groups in total. The van der Waals surface area contributed by atoms with Gasteiger partial charge in [-0.25, -0.2) is 13.1 Å². The zero-order chi connectivity index (χ0) is 17.2. The lowest BCUT2D eigenvalue weighted by atomic mass is 10.0. The Hall–Kier alpha value is -2.05. The van der Waals surface area contributed by atoms with Crippen LogP contribution in [0.1, 0.15) is 23.1 Å². The molecule has 0 aliphatic carbocycles. The van der Waals surface area contributed by atoms with Crippen molar-refractivity contribution in [1.29, 1.82) is 0 Å². The van der Waals surface area contributed by atoms with Crippen LogP contribution in [0, 0.1) is 6.92 Å². The fourth-order valence-corrected chi connectivity index (χ4v) is 4.04. The molecule has 6 heteroatoms. The van der Waals surface area contributed by atoms with Crippen molar-refractivity contribution in [3.05, 3.63) is 53.1 Å². The molecule has 3 rings (SSSR count). The molecule has 1 aliphatic rings. The number of ether oxygens (including phenoxy) is 2. The molecule has 1 aliphatic heterocycles. The molecule has 0 saturated carbocycles. The predicted octanol–water partition coefficient (Wildman–Crippen LogP) is 2.81. The van der Waals surface area contributed by atoms with Crippen molar-refractivity contribution in [2.75, 3.05) is 13.7 Å². The molecule has 0 atom stereocenters. The minimum Gasteiger partial charge on any atom is -0.495 e. The summed E-state index contributed by atoms with van der Waals surface area (Å²) < 4.78 is 38.6. The highest BCUT2D eigenvalue weighted by atomic mass is 32.2. The zero-order valence-corrected chi connectivity index (χ0v) is 14.7. The average molecular weight is 347 g/mol. The van der Waals surface area contributed by atoms with Crippen LogP contribution in [-0.2, 0) is 23.0 Å². The number of nitrogens with one attached hydrogen (secondary N) is 1. The van der Waals surface area contributed by atoms with Crippen LogP contribution < -0.4 is 14.2 Å². The van der Waals surface area contributed by atoms with Gasteiger partial charge in [-0.2, -0.15) is 0 Å². The van der Waals surface area contributed by atoms with Gasteiger partial charge in [0.15, 0.2) is 0 Å². The quantitative estimate of drug-likeness (QED) is 0.903. The molecule has 0 amide bonds. The molecule has 0 unspecified atom stereocenters. The van der Waals surface area contributed by atoms with Crippen LogP contribution in [0.3, 0.4) is 0 Å². The lowest BCUT2D eigenvalue weighted by molar-refractivity contribution is 0.288. The van der Waals surface area contributed by atoms with Gasteiger partial charge in [0.25, 0.3) is 0 Å². The summed E-state index contributed by atoms with van der Waals surface area (Å²) in [5, 5.41) is 0. The molecule has 0 aromatic heterocycles. The van der Waals surface area contributed by atoms with E-state index in [-0.39, 0.29) is 11.4 Å². The molecule has 0 fully saturated rings. The topological polar surface area (TPSA) is 64.6 Å². The monoisotopic (exact) mass is 347 g/mol. The minimum absolute atomic E-state index is 0.159. The number of hydrogen-bond acceptors (Lipinski definition) is 4. The van der Waals surface area contributed by atoms with Crippen molar-refractivity contribution in [3.63, 3.8) is 0 Å². The summed E-state index contributed by atoms with van der Waals surface area (Å²) >= 11 is 0. The second-order valence-corrected chi connectivity index (χ2v) is 7.61. The van der Waals surface area contributed by atoms with E-state index in [2.05, 4.69) is 4.72 Å². The molecule has 128 valence electrons. The Morgan fingerprint density at radius 3 is 2.83 bits per heavy atom. The first kappa shape index (κ1) is 16.8. The van der Waals surface area contributed by atoms with Gasteiger partial charge in [0.05, 0.1) is 13.7 Å². The number of rotatable bonds is 5. The number of hydrogen-bond donors (Lipinski definition) is 1. The summed E-state index contributed by atoms with van der Waals surface area (Å²) in [7, 11) is -2.19. The maximum atomic E-state index is 12.6. The van der Waals surface area contributed by atoms with Gasteiger partial charge in [-0.05, 0) is 54.7 Å². The Bertz CT molecular complexity index is 846. The molecule has 2 aromatic rings. The van der Waals surface area contributed by atoms with E-state index in [4.69, 9.17) is 9.47 Å². The van der Waals surface area contributed by atoms with Gasteiger partial charge in [-0.15, -0.1) is 0 Å². The Kier molecular flexibility index (Phi) is 4.78. The third-order valence-corrected chi connectivity index (χ3v) is 5.47. The maximum absolute atomic E-state index is 12.6. The Morgan fingerprint density at radius 1 is 1.21 bits per heavy atom. The van der Waals surface area contributed by atoms with Gasteiger partial charge in [-0.1, -0.05) is 18.2 Å². The summed E-state index contributed by atoms with van der Waals surface area (Å²) in [6.45, 7) is 2.82. The van der Waals surface area contributed by atoms with Crippen LogP contribution >= 0.6 is 0 Å². The highest BCUT2D eigenvalue weighted by molar-refractivity contribution is 7.89. The van der Waals surface area contributed by atoms with Gasteiger partial charge >= 0.3 is 0 Å². The molecule has 0 spiro atoms. The first-order valence-corrected chi connectivity index (χ1v) is 9.37. The van der Waals surface area contributed by atoms with Crippen molar-refractivity contribution in [1.82, 2.24) is 4.72 Å². The molecular weight excluding hydrogens is 326 g/mol. The van der Waals surface area contributed by atoms with E-state index >= 15 is 0 Å². The lowest BCUT2D eigenvalue weighted by Gasteiger charge is -2.18. The number of aryl methyl sites for hydroxylation is 2. The van der Waals surface area contributed by atoms with E-state index in [0.29, 0.717) is 5.75 Å². The predicted molar refractivity (Wildman–Crippen MR) is 92.0 cm³/mol. The molecule has 1 heterocycles. The second-order valence-electron chi connectivity index (χ2n) is 5.87. The minimum atomic E-state index is -3.65. The van der Waals surface area contributed by atoms with Gasteiger partial charge in [0, 0.05) is 6.54 Å². The summed E-state index contributed by atoms with van der Waals surface area (Å²) in [5.41, 5.74) is 2.91. The molecule has 0 bridgehead atoms. The van der Waals surface area contributed by atoms with Crippen molar-refractivity contribution in [2.45, 2.75) is 31.2 Å². The van der Waals surface area contributed by atoms with E-state index in [9.17, 15) is 8.42 Å². The first-order valence-electron chi connectivity index (χ1n) is 7.88. The molecule has 5 nitrogen and oxygen atoms in total. The van der Waals surface area contributed by atoms with Gasteiger partial charge in [-0.3, -0.25) is 0 Å². The van der Waals surface area contributed by atoms with E-state index < -0.39 is 10.0 Å². The summed E-state index contributed by atoms with van der Waals surface area (Å²) in [6.07, 6.45) is 1.95. The molecule has 0 radical (unpaired) electrons. The largest absolute Gasteiger partial charge is 0.495 e. The highest BCUT2D eigenvalue weighted by Gasteiger charge is 2.20. The van der Waals surface area contributed by atoms with Gasteiger partial charge in [0.2, 0.25) is 10.0 Å². The fraction of sp³-hybridized carbons (Fsp3) is 0.333. The summed E-state index contributed by atoms with van der Waals surface area (Å²) in [4.78, 5) is 0.159. The normalized spacial score (nSPS) is 13.9. The third-order valence-electron chi connectivity index (χ3n) is 4.05. The van der Waals surface area contributed by atoms with Gasteiger partial charge in [0.1, 0.15) is 16.4 Å². The van der Waals surface area contributed by atoms with E-state index in [1.807, 2.05) is 31.2 Å². The molecule has 24 heavy (non-hydrogen) atoms. The van der Waals surface area contributed by atoms with Crippen molar-refractivity contribution < 1.29 is 17.9 Å². The maximum Gasteiger partial charge on any atom is 0.244 e.